The minimum absolute atomic E-state index is 0.118. The predicted octanol–water partition coefficient (Wildman–Crippen LogP) is 5.70. The molecule has 0 fully saturated rings. The Kier molecular flexibility index (Phi) is 5.00. The lowest BCUT2D eigenvalue weighted by Gasteiger charge is -2.10. The summed E-state index contributed by atoms with van der Waals surface area (Å²) in [6, 6.07) is 9.92. The van der Waals surface area contributed by atoms with Crippen molar-refractivity contribution >= 4 is 29.1 Å². The summed E-state index contributed by atoms with van der Waals surface area (Å²) in [7, 11) is 0. The van der Waals surface area contributed by atoms with E-state index >= 15 is 0 Å². The van der Waals surface area contributed by atoms with Crippen molar-refractivity contribution < 1.29 is 17.6 Å². The Bertz CT molecular complexity index is 613. The zero-order chi connectivity index (χ0) is 15.5. The van der Waals surface area contributed by atoms with E-state index in [1.165, 1.54) is 24.3 Å². The fourth-order valence-corrected chi connectivity index (χ4v) is 2.41. The summed E-state index contributed by atoms with van der Waals surface area (Å²) in [5, 5.41) is 3.31. The van der Waals surface area contributed by atoms with Crippen molar-refractivity contribution in [2.24, 2.45) is 0 Å². The summed E-state index contributed by atoms with van der Waals surface area (Å²) in [4.78, 5) is 0.118. The molecule has 21 heavy (non-hydrogen) atoms. The molecule has 0 heterocycles. The highest BCUT2D eigenvalue weighted by atomic mass is 35.5. The Morgan fingerprint density at radius 1 is 1.05 bits per heavy atom. The third-order valence-corrected chi connectivity index (χ3v) is 3.68. The van der Waals surface area contributed by atoms with Crippen LogP contribution >= 0.6 is 23.4 Å². The molecule has 0 spiro atoms. The van der Waals surface area contributed by atoms with Crippen molar-refractivity contribution in [1.29, 1.82) is 0 Å². The average molecular weight is 336 g/mol. The van der Waals surface area contributed by atoms with E-state index in [0.717, 1.165) is 0 Å². The van der Waals surface area contributed by atoms with Crippen LogP contribution in [0.2, 0.25) is 5.02 Å². The molecule has 7 heteroatoms. The number of benzene rings is 2. The van der Waals surface area contributed by atoms with Crippen LogP contribution in [0.15, 0.2) is 47.4 Å². The van der Waals surface area contributed by atoms with Crippen LogP contribution in [0, 0.1) is 5.82 Å². The maximum Gasteiger partial charge on any atom is 0.446 e. The number of rotatable bonds is 4. The van der Waals surface area contributed by atoms with E-state index in [4.69, 9.17) is 11.6 Å². The van der Waals surface area contributed by atoms with Crippen molar-refractivity contribution in [2.45, 2.75) is 16.9 Å². The van der Waals surface area contributed by atoms with Gasteiger partial charge in [-0.25, -0.2) is 4.39 Å². The fourth-order valence-electron chi connectivity index (χ4n) is 1.64. The first kappa shape index (κ1) is 16.0. The van der Waals surface area contributed by atoms with E-state index in [1.54, 1.807) is 18.2 Å². The van der Waals surface area contributed by atoms with E-state index in [1.807, 2.05) is 0 Å². The van der Waals surface area contributed by atoms with Gasteiger partial charge >= 0.3 is 5.51 Å². The molecule has 0 bridgehead atoms. The highest BCUT2D eigenvalue weighted by Crippen LogP contribution is 2.37. The molecule has 2 aromatic carbocycles. The molecular formula is C14H10ClF4NS. The van der Waals surface area contributed by atoms with Crippen LogP contribution in [0.25, 0.3) is 0 Å². The molecule has 0 atom stereocenters. The predicted molar refractivity (Wildman–Crippen MR) is 77.1 cm³/mol. The van der Waals surface area contributed by atoms with Crippen LogP contribution in [0.3, 0.4) is 0 Å². The number of halogens is 5. The monoisotopic (exact) mass is 335 g/mol. The highest BCUT2D eigenvalue weighted by molar-refractivity contribution is 8.00. The maximum atomic E-state index is 12.9. The second-order valence-corrected chi connectivity index (χ2v) is 5.71. The van der Waals surface area contributed by atoms with Crippen molar-refractivity contribution in [1.82, 2.24) is 0 Å². The average Bonchev–Trinajstić information content (AvgIpc) is 2.38. The molecule has 0 aliphatic rings. The van der Waals surface area contributed by atoms with Crippen LogP contribution in [-0.4, -0.2) is 5.51 Å². The summed E-state index contributed by atoms with van der Waals surface area (Å²) >= 11 is 5.72. The first-order valence-corrected chi connectivity index (χ1v) is 7.06. The van der Waals surface area contributed by atoms with Gasteiger partial charge in [-0.3, -0.25) is 0 Å². The lowest BCUT2D eigenvalue weighted by Crippen LogP contribution is -2.01. The second kappa shape index (κ2) is 6.58. The lowest BCUT2D eigenvalue weighted by atomic mass is 10.2. The molecule has 1 nitrogen and oxygen atoms in total. The Hall–Kier alpha value is -1.40. The van der Waals surface area contributed by atoms with E-state index < -0.39 is 11.3 Å². The van der Waals surface area contributed by atoms with E-state index in [9.17, 15) is 17.6 Å². The molecule has 0 aliphatic heterocycles. The molecule has 0 aliphatic carbocycles. The standard InChI is InChI=1S/C14H10ClF4NS/c15-13-7-10(16)2-1-9(13)8-20-11-3-5-12(6-4-11)21-14(17,18)19/h1-7,20H,8H2. The topological polar surface area (TPSA) is 12.0 Å². The fraction of sp³-hybridized carbons (Fsp3) is 0.143. The summed E-state index contributed by atoms with van der Waals surface area (Å²) in [5.74, 6) is -0.419. The molecule has 0 unspecified atom stereocenters. The first-order chi connectivity index (χ1) is 9.83. The Balaban J connectivity index is 1.97. The number of thioether (sulfide) groups is 1. The normalized spacial score (nSPS) is 11.5. The minimum atomic E-state index is -4.30. The van der Waals surface area contributed by atoms with Crippen molar-refractivity contribution in [2.75, 3.05) is 5.32 Å². The molecule has 0 aromatic heterocycles. The molecule has 1 N–H and O–H groups in total. The van der Waals surface area contributed by atoms with Crippen molar-refractivity contribution in [3.8, 4) is 0 Å². The Morgan fingerprint density at radius 3 is 2.29 bits per heavy atom. The van der Waals surface area contributed by atoms with Crippen LogP contribution in [-0.2, 0) is 6.54 Å². The Morgan fingerprint density at radius 2 is 1.71 bits per heavy atom. The molecule has 2 rings (SSSR count). The zero-order valence-electron chi connectivity index (χ0n) is 10.5. The zero-order valence-corrected chi connectivity index (χ0v) is 12.1. The third-order valence-electron chi connectivity index (χ3n) is 2.59. The van der Waals surface area contributed by atoms with Gasteiger partial charge in [-0.2, -0.15) is 13.2 Å². The summed E-state index contributed by atoms with van der Waals surface area (Å²) < 4.78 is 49.5. The van der Waals surface area contributed by atoms with Gasteiger partial charge in [-0.15, -0.1) is 0 Å². The van der Waals surface area contributed by atoms with Gasteiger partial charge in [0.15, 0.2) is 0 Å². The summed E-state index contributed by atoms with van der Waals surface area (Å²) in [6.45, 7) is 0.352. The van der Waals surface area contributed by atoms with Gasteiger partial charge in [0.25, 0.3) is 0 Å². The number of anilines is 1. The van der Waals surface area contributed by atoms with E-state index in [-0.39, 0.29) is 16.7 Å². The third kappa shape index (κ3) is 5.13. The number of alkyl halides is 3. The van der Waals surface area contributed by atoms with Gasteiger partial charge in [0.1, 0.15) is 5.82 Å². The van der Waals surface area contributed by atoms with Gasteiger partial charge in [0, 0.05) is 22.2 Å². The summed E-state index contributed by atoms with van der Waals surface area (Å²) in [6.07, 6.45) is 0. The van der Waals surface area contributed by atoms with E-state index in [0.29, 0.717) is 22.8 Å². The number of hydrogen-bond acceptors (Lipinski definition) is 2. The number of nitrogens with one attached hydrogen (secondary N) is 1. The van der Waals surface area contributed by atoms with Crippen LogP contribution in [0.4, 0.5) is 23.2 Å². The highest BCUT2D eigenvalue weighted by Gasteiger charge is 2.28. The van der Waals surface area contributed by atoms with E-state index in [2.05, 4.69) is 5.32 Å². The molecule has 0 saturated carbocycles. The minimum Gasteiger partial charge on any atom is -0.381 e. The smallest absolute Gasteiger partial charge is 0.381 e. The molecule has 2 aromatic rings. The lowest BCUT2D eigenvalue weighted by molar-refractivity contribution is -0.0328. The van der Waals surface area contributed by atoms with Crippen molar-refractivity contribution in [3.05, 3.63) is 58.9 Å². The quantitative estimate of drug-likeness (QED) is 0.568. The largest absolute Gasteiger partial charge is 0.446 e. The molecule has 0 amide bonds. The first-order valence-electron chi connectivity index (χ1n) is 5.87. The SMILES string of the molecule is Fc1ccc(CNc2ccc(SC(F)(F)F)cc2)c(Cl)c1. The van der Waals surface area contributed by atoms with Gasteiger partial charge in [-0.05, 0) is 53.7 Å². The maximum absolute atomic E-state index is 12.9. The van der Waals surface area contributed by atoms with Crippen LogP contribution < -0.4 is 5.32 Å². The van der Waals surface area contributed by atoms with Crippen LogP contribution in [0.1, 0.15) is 5.56 Å². The molecule has 0 radical (unpaired) electrons. The van der Waals surface area contributed by atoms with Gasteiger partial charge in [0.05, 0.1) is 0 Å². The van der Waals surface area contributed by atoms with Crippen LogP contribution in [0.5, 0.6) is 0 Å². The molecule has 112 valence electrons. The van der Waals surface area contributed by atoms with Gasteiger partial charge in [0.2, 0.25) is 0 Å². The van der Waals surface area contributed by atoms with Crippen molar-refractivity contribution in [3.63, 3.8) is 0 Å². The Labute approximate surface area is 128 Å². The van der Waals surface area contributed by atoms with Gasteiger partial charge < -0.3 is 5.32 Å². The summed E-state index contributed by atoms with van der Waals surface area (Å²) in [5.41, 5.74) is -2.94. The number of hydrogen-bond donors (Lipinski definition) is 1. The van der Waals surface area contributed by atoms with Gasteiger partial charge in [-0.1, -0.05) is 17.7 Å². The molecule has 0 saturated heterocycles. The molecular weight excluding hydrogens is 326 g/mol. The second-order valence-electron chi connectivity index (χ2n) is 4.16.